The van der Waals surface area contributed by atoms with E-state index in [1.807, 2.05) is 0 Å². The lowest BCUT2D eigenvalue weighted by molar-refractivity contribution is 0.264. The van der Waals surface area contributed by atoms with Crippen molar-refractivity contribution in [2.24, 2.45) is 0 Å². The normalized spacial score (nSPS) is 23.6. The molecule has 0 atom stereocenters. The minimum Gasteiger partial charge on any atom is -0.290 e. The number of nitrogens with zero attached hydrogens (tertiary/aromatic N) is 1. The van der Waals surface area contributed by atoms with Gasteiger partial charge in [-0.15, -0.1) is 11.6 Å². The highest BCUT2D eigenvalue weighted by Gasteiger charge is 2.06. The second-order valence-corrected chi connectivity index (χ2v) is 2.54. The molecule has 2 heteroatoms. The first-order valence-electron chi connectivity index (χ1n) is 3.22. The molecule has 0 saturated carbocycles. The minimum atomic E-state index is 0.722. The van der Waals surface area contributed by atoms with Gasteiger partial charge in [0.1, 0.15) is 0 Å². The fourth-order valence-corrected chi connectivity index (χ4v) is 1.32. The van der Waals surface area contributed by atoms with Crippen molar-refractivity contribution in [1.29, 1.82) is 0 Å². The second-order valence-electron chi connectivity index (χ2n) is 2.30. The van der Waals surface area contributed by atoms with E-state index in [0.29, 0.717) is 0 Å². The molecule has 1 saturated heterocycles. The van der Waals surface area contributed by atoms with Gasteiger partial charge in [0.2, 0.25) is 0 Å². The lowest BCUT2D eigenvalue weighted by Gasteiger charge is -2.23. The highest BCUT2D eigenvalue weighted by atomic mass is 35.5. The van der Waals surface area contributed by atoms with Crippen LogP contribution < -0.4 is 0 Å². The molecule has 1 rings (SSSR count). The van der Waals surface area contributed by atoms with Crippen LogP contribution in [0.5, 0.6) is 0 Å². The number of piperidine rings is 1. The van der Waals surface area contributed by atoms with Crippen molar-refractivity contribution in [3.63, 3.8) is 0 Å². The molecular weight excluding hydrogens is 122 g/mol. The fraction of sp³-hybridized carbons (Fsp3) is 1.00. The topological polar surface area (TPSA) is 3.24 Å². The minimum absolute atomic E-state index is 0.722. The third-order valence-corrected chi connectivity index (χ3v) is 1.96. The van der Waals surface area contributed by atoms with E-state index in [1.54, 1.807) is 0 Å². The van der Waals surface area contributed by atoms with Gasteiger partial charge in [0.05, 0.1) is 6.00 Å². The molecule has 0 spiro atoms. The first-order valence-corrected chi connectivity index (χ1v) is 3.75. The van der Waals surface area contributed by atoms with Crippen LogP contribution in [-0.4, -0.2) is 24.0 Å². The van der Waals surface area contributed by atoms with Crippen LogP contribution in [0.15, 0.2) is 0 Å². The molecule has 0 unspecified atom stereocenters. The van der Waals surface area contributed by atoms with Crippen molar-refractivity contribution in [3.8, 4) is 0 Å². The highest BCUT2D eigenvalue weighted by molar-refractivity contribution is 6.17. The van der Waals surface area contributed by atoms with E-state index < -0.39 is 0 Å². The molecule has 8 heavy (non-hydrogen) atoms. The van der Waals surface area contributed by atoms with E-state index in [2.05, 4.69) is 4.90 Å². The Bertz CT molecular complexity index is 59.5. The second kappa shape index (κ2) is 3.31. The molecule has 0 aromatic carbocycles. The van der Waals surface area contributed by atoms with E-state index >= 15 is 0 Å². The van der Waals surface area contributed by atoms with E-state index in [1.165, 1.54) is 32.4 Å². The highest BCUT2D eigenvalue weighted by Crippen LogP contribution is 2.07. The van der Waals surface area contributed by atoms with Crippen LogP contribution >= 0.6 is 11.6 Å². The predicted molar refractivity (Wildman–Crippen MR) is 36.1 cm³/mol. The number of rotatable bonds is 1. The molecule has 0 aromatic heterocycles. The molecule has 48 valence electrons. The largest absolute Gasteiger partial charge is 0.290 e. The Balaban J connectivity index is 2.13. The third kappa shape index (κ3) is 1.64. The van der Waals surface area contributed by atoms with Gasteiger partial charge >= 0.3 is 0 Å². The molecule has 1 fully saturated rings. The standard InChI is InChI=1S/C6H12ClN/c7-6-8-4-2-1-3-5-8/h1-6H2. The summed E-state index contributed by atoms with van der Waals surface area (Å²) in [6.07, 6.45) is 4.08. The summed E-state index contributed by atoms with van der Waals surface area (Å²) < 4.78 is 0. The van der Waals surface area contributed by atoms with Gasteiger partial charge < -0.3 is 0 Å². The monoisotopic (exact) mass is 133 g/mol. The maximum atomic E-state index is 5.61. The molecule has 1 nitrogen and oxygen atoms in total. The lowest BCUT2D eigenvalue weighted by Crippen LogP contribution is -2.28. The molecule has 0 radical (unpaired) electrons. The average Bonchev–Trinajstić information content (AvgIpc) is 1.90. The van der Waals surface area contributed by atoms with Crippen LogP contribution in [-0.2, 0) is 0 Å². The lowest BCUT2D eigenvalue weighted by atomic mass is 10.1. The van der Waals surface area contributed by atoms with E-state index in [-0.39, 0.29) is 0 Å². The van der Waals surface area contributed by atoms with Crippen LogP contribution in [0.2, 0.25) is 0 Å². The molecule has 0 aromatic rings. The third-order valence-electron chi connectivity index (χ3n) is 1.62. The fourth-order valence-electron chi connectivity index (χ4n) is 1.08. The van der Waals surface area contributed by atoms with Gasteiger partial charge in [0.15, 0.2) is 0 Å². The van der Waals surface area contributed by atoms with Crippen LogP contribution in [0.4, 0.5) is 0 Å². The van der Waals surface area contributed by atoms with E-state index in [9.17, 15) is 0 Å². The SMILES string of the molecule is ClCN1CCCCC1. The van der Waals surface area contributed by atoms with Crippen molar-refractivity contribution in [3.05, 3.63) is 0 Å². The zero-order chi connectivity index (χ0) is 5.82. The van der Waals surface area contributed by atoms with E-state index in [0.717, 1.165) is 6.00 Å². The summed E-state index contributed by atoms with van der Waals surface area (Å²) >= 11 is 5.61. The van der Waals surface area contributed by atoms with Crippen molar-refractivity contribution < 1.29 is 0 Å². The first-order chi connectivity index (χ1) is 3.93. The summed E-state index contributed by atoms with van der Waals surface area (Å²) in [7, 11) is 0. The molecule has 0 N–H and O–H groups in total. The van der Waals surface area contributed by atoms with Crippen LogP contribution in [0.3, 0.4) is 0 Å². The Morgan fingerprint density at radius 2 is 1.75 bits per heavy atom. The molecule has 0 aliphatic carbocycles. The number of alkyl halides is 1. The summed E-state index contributed by atoms with van der Waals surface area (Å²) in [5, 5.41) is 0. The molecule has 1 heterocycles. The quantitative estimate of drug-likeness (QED) is 0.389. The number of hydrogen-bond acceptors (Lipinski definition) is 1. The maximum Gasteiger partial charge on any atom is 0.0738 e. The number of hydrogen-bond donors (Lipinski definition) is 0. The summed E-state index contributed by atoms with van der Waals surface area (Å²) in [6.45, 7) is 2.42. The molecule has 1 aliphatic rings. The molecule has 0 amide bonds. The molecular formula is C6H12ClN. The predicted octanol–water partition coefficient (Wildman–Crippen LogP) is 1.67. The average molecular weight is 134 g/mol. The summed E-state index contributed by atoms with van der Waals surface area (Å²) in [4.78, 5) is 2.28. The van der Waals surface area contributed by atoms with Gasteiger partial charge in [0.25, 0.3) is 0 Å². The first kappa shape index (κ1) is 6.37. The van der Waals surface area contributed by atoms with Gasteiger partial charge in [-0.2, -0.15) is 0 Å². The Labute approximate surface area is 55.6 Å². The Morgan fingerprint density at radius 1 is 1.12 bits per heavy atom. The van der Waals surface area contributed by atoms with Crippen LogP contribution in [0.1, 0.15) is 19.3 Å². The molecule has 1 aliphatic heterocycles. The van der Waals surface area contributed by atoms with Gasteiger partial charge in [0, 0.05) is 0 Å². The van der Waals surface area contributed by atoms with Crippen LogP contribution in [0.25, 0.3) is 0 Å². The Hall–Kier alpha value is 0.250. The van der Waals surface area contributed by atoms with E-state index in [4.69, 9.17) is 11.6 Å². The zero-order valence-electron chi connectivity index (χ0n) is 5.07. The maximum absolute atomic E-state index is 5.61. The summed E-state index contributed by atoms with van der Waals surface area (Å²) in [5.41, 5.74) is 0. The summed E-state index contributed by atoms with van der Waals surface area (Å²) in [5.74, 6) is 0. The van der Waals surface area contributed by atoms with Gasteiger partial charge in [-0.1, -0.05) is 6.42 Å². The Kier molecular flexibility index (Phi) is 2.64. The molecule has 0 bridgehead atoms. The zero-order valence-corrected chi connectivity index (χ0v) is 5.82. The van der Waals surface area contributed by atoms with Gasteiger partial charge in [-0.05, 0) is 25.9 Å². The Morgan fingerprint density at radius 3 is 2.12 bits per heavy atom. The number of likely N-dealkylation sites (tertiary alicyclic amines) is 1. The van der Waals surface area contributed by atoms with Gasteiger partial charge in [-0.3, -0.25) is 4.90 Å². The van der Waals surface area contributed by atoms with Crippen molar-refractivity contribution in [2.75, 3.05) is 19.1 Å². The number of halogens is 1. The van der Waals surface area contributed by atoms with Gasteiger partial charge in [-0.25, -0.2) is 0 Å². The summed E-state index contributed by atoms with van der Waals surface area (Å²) in [6, 6.07) is 0.722. The smallest absolute Gasteiger partial charge is 0.0738 e. The van der Waals surface area contributed by atoms with Crippen molar-refractivity contribution in [1.82, 2.24) is 4.90 Å². The van der Waals surface area contributed by atoms with Crippen LogP contribution in [0, 0.1) is 0 Å². The van der Waals surface area contributed by atoms with Crippen molar-refractivity contribution in [2.45, 2.75) is 19.3 Å². The van der Waals surface area contributed by atoms with Crippen molar-refractivity contribution >= 4 is 11.6 Å².